The Morgan fingerprint density at radius 3 is 0.698 bits per heavy atom. The lowest BCUT2D eigenvalue weighted by atomic mass is 10.0. The molecule has 4 aromatic carbocycles. The summed E-state index contributed by atoms with van der Waals surface area (Å²) >= 11 is 0. The van der Waals surface area contributed by atoms with Crippen molar-refractivity contribution < 1.29 is 0 Å². The Hall–Kier alpha value is -3.72. The molecule has 0 atom stereocenters. The maximum absolute atomic E-state index is 2.79. The van der Waals surface area contributed by atoms with Gasteiger partial charge in [0.25, 0.3) is 0 Å². The van der Waals surface area contributed by atoms with Crippen LogP contribution in [0.1, 0.15) is 213 Å². The molecule has 0 aliphatic carbocycles. The number of para-hydroxylation sites is 3. The Balaban J connectivity index is 1.26. The van der Waals surface area contributed by atoms with Crippen molar-refractivity contribution in [2.45, 2.75) is 233 Å². The molecular weight excluding hydrogens is 763 g/mol. The second-order valence-electron chi connectivity index (χ2n) is 19.7. The summed E-state index contributed by atoms with van der Waals surface area (Å²) in [4.78, 5) is 0. The second kappa shape index (κ2) is 25.7. The number of rotatable bonds is 33. The SMILES string of the molecule is CCCCCCCCCCCCn1c2ccccc2c2c1c1c3ccccc3n(CCCCCCCCCCCC)c1c1c3ccccc3n(CCCCCCCCCCCC)c21. The first-order chi connectivity index (χ1) is 31.3. The average molecular weight is 850 g/mol. The summed E-state index contributed by atoms with van der Waals surface area (Å²) in [5.41, 5.74) is 8.71. The van der Waals surface area contributed by atoms with Crippen LogP contribution in [0, 0.1) is 0 Å². The molecule has 0 aliphatic heterocycles. The summed E-state index contributed by atoms with van der Waals surface area (Å²) in [7, 11) is 0. The van der Waals surface area contributed by atoms with Crippen LogP contribution < -0.4 is 0 Å². The van der Waals surface area contributed by atoms with Gasteiger partial charge in [-0.2, -0.15) is 0 Å². The summed E-state index contributed by atoms with van der Waals surface area (Å²) in [6, 6.07) is 28.4. The highest BCUT2D eigenvalue weighted by molar-refractivity contribution is 6.39. The van der Waals surface area contributed by atoms with E-state index in [0.29, 0.717) is 0 Å². The van der Waals surface area contributed by atoms with Crippen LogP contribution in [-0.2, 0) is 19.6 Å². The van der Waals surface area contributed by atoms with E-state index in [1.54, 1.807) is 0 Å². The molecule has 342 valence electrons. The van der Waals surface area contributed by atoms with Gasteiger partial charge in [-0.05, 0) is 37.5 Å². The fraction of sp³-hybridized carbons (Fsp3) is 0.600. The van der Waals surface area contributed by atoms with E-state index in [2.05, 4.69) is 107 Å². The predicted molar refractivity (Wildman–Crippen MR) is 281 cm³/mol. The van der Waals surface area contributed by atoms with Gasteiger partial charge in [0.05, 0.1) is 16.6 Å². The van der Waals surface area contributed by atoms with Gasteiger partial charge in [0.1, 0.15) is 0 Å². The lowest BCUT2D eigenvalue weighted by molar-refractivity contribution is 0.541. The third-order valence-corrected chi connectivity index (χ3v) is 14.8. The monoisotopic (exact) mass is 850 g/mol. The molecule has 0 unspecified atom stereocenters. The Labute approximate surface area is 383 Å². The molecule has 3 nitrogen and oxygen atoms in total. The Morgan fingerprint density at radius 2 is 0.460 bits per heavy atom. The molecule has 0 bridgehead atoms. The summed E-state index contributed by atoms with van der Waals surface area (Å²) < 4.78 is 8.37. The molecule has 3 heteroatoms. The molecule has 7 rings (SSSR count). The van der Waals surface area contributed by atoms with E-state index in [9.17, 15) is 0 Å². The maximum atomic E-state index is 2.79. The minimum Gasteiger partial charge on any atom is -0.340 e. The second-order valence-corrected chi connectivity index (χ2v) is 19.7. The van der Waals surface area contributed by atoms with Crippen LogP contribution in [0.3, 0.4) is 0 Å². The smallest absolute Gasteiger partial charge is 0.0614 e. The van der Waals surface area contributed by atoms with Gasteiger partial charge >= 0.3 is 0 Å². The van der Waals surface area contributed by atoms with Gasteiger partial charge < -0.3 is 13.7 Å². The number of aromatic nitrogens is 3. The van der Waals surface area contributed by atoms with Gasteiger partial charge in [0, 0.05) is 68.5 Å². The van der Waals surface area contributed by atoms with Crippen molar-refractivity contribution in [1.29, 1.82) is 0 Å². The number of benzene rings is 4. The Kier molecular flexibility index (Phi) is 19.3. The zero-order chi connectivity index (χ0) is 43.5. The van der Waals surface area contributed by atoms with Gasteiger partial charge in [-0.25, -0.2) is 0 Å². The number of hydrogen-bond donors (Lipinski definition) is 0. The normalized spacial score (nSPS) is 12.2. The number of unbranched alkanes of at least 4 members (excludes halogenated alkanes) is 27. The van der Waals surface area contributed by atoms with Crippen molar-refractivity contribution in [1.82, 2.24) is 13.7 Å². The van der Waals surface area contributed by atoms with Gasteiger partial charge in [0.15, 0.2) is 0 Å². The van der Waals surface area contributed by atoms with Gasteiger partial charge in [-0.3, -0.25) is 0 Å². The third-order valence-electron chi connectivity index (χ3n) is 14.8. The summed E-state index contributed by atoms with van der Waals surface area (Å²) in [5, 5.41) is 8.78. The fourth-order valence-corrected chi connectivity index (χ4v) is 11.4. The van der Waals surface area contributed by atoms with Crippen molar-refractivity contribution in [3.8, 4) is 0 Å². The minimum atomic E-state index is 1.08. The van der Waals surface area contributed by atoms with Gasteiger partial charge in [-0.1, -0.05) is 249 Å². The topological polar surface area (TPSA) is 14.8 Å². The molecule has 0 saturated heterocycles. The van der Waals surface area contributed by atoms with Crippen LogP contribution in [0.4, 0.5) is 0 Å². The molecule has 63 heavy (non-hydrogen) atoms. The number of fused-ring (bicyclic) bond motifs is 12. The van der Waals surface area contributed by atoms with Crippen LogP contribution >= 0.6 is 0 Å². The minimum absolute atomic E-state index is 1.08. The van der Waals surface area contributed by atoms with Crippen molar-refractivity contribution in [2.24, 2.45) is 0 Å². The molecular formula is C60H87N3. The van der Waals surface area contributed by atoms with E-state index in [4.69, 9.17) is 0 Å². The molecule has 0 fully saturated rings. The first-order valence-electron chi connectivity index (χ1n) is 27.1. The molecule has 7 aromatic rings. The standard InChI is InChI=1S/C60H87N3/c1-4-7-10-13-16-19-22-25-28-37-46-61-52-43-34-31-40-49(52)55-58(61)56-50-41-32-35-44-53(50)62(47-38-29-26-23-20-17-14-11-8-5-2)60(56)57-51-42-33-36-45-54(51)63(59(55)57)48-39-30-27-24-21-18-15-12-9-6-3/h31-36,40-45H,4-30,37-39,46-48H2,1-3H3. The lowest BCUT2D eigenvalue weighted by Gasteiger charge is -2.13. The largest absolute Gasteiger partial charge is 0.340 e. The maximum Gasteiger partial charge on any atom is 0.0614 e. The van der Waals surface area contributed by atoms with Crippen molar-refractivity contribution in [2.75, 3.05) is 0 Å². The highest BCUT2D eigenvalue weighted by Crippen LogP contribution is 2.48. The lowest BCUT2D eigenvalue weighted by Crippen LogP contribution is -2.02. The van der Waals surface area contributed by atoms with E-state index in [0.717, 1.165) is 19.6 Å². The van der Waals surface area contributed by atoms with E-state index >= 15 is 0 Å². The summed E-state index contributed by atoms with van der Waals surface area (Å²) in [6.07, 6.45) is 41.0. The van der Waals surface area contributed by atoms with E-state index in [1.807, 2.05) is 0 Å². The van der Waals surface area contributed by atoms with E-state index in [1.165, 1.54) is 258 Å². The van der Waals surface area contributed by atoms with E-state index < -0.39 is 0 Å². The van der Waals surface area contributed by atoms with Crippen molar-refractivity contribution >= 4 is 65.4 Å². The zero-order valence-electron chi connectivity index (χ0n) is 40.6. The Morgan fingerprint density at radius 1 is 0.254 bits per heavy atom. The molecule has 0 radical (unpaired) electrons. The van der Waals surface area contributed by atoms with Gasteiger partial charge in [0.2, 0.25) is 0 Å². The first kappa shape index (κ1) is 47.2. The number of nitrogens with zero attached hydrogens (tertiary/aromatic N) is 3. The third kappa shape index (κ3) is 11.8. The summed E-state index contributed by atoms with van der Waals surface area (Å²) in [5.74, 6) is 0. The number of aryl methyl sites for hydroxylation is 3. The van der Waals surface area contributed by atoms with Crippen LogP contribution in [-0.4, -0.2) is 13.7 Å². The Bertz CT molecular complexity index is 2100. The molecule has 0 aliphatic rings. The first-order valence-corrected chi connectivity index (χ1v) is 27.1. The van der Waals surface area contributed by atoms with Crippen molar-refractivity contribution in [3.05, 3.63) is 72.8 Å². The highest BCUT2D eigenvalue weighted by atomic mass is 15.0. The van der Waals surface area contributed by atoms with Crippen LogP contribution in [0.15, 0.2) is 72.8 Å². The number of hydrogen-bond acceptors (Lipinski definition) is 0. The predicted octanol–water partition coefficient (Wildman–Crippen LogP) is 19.8. The molecule has 0 spiro atoms. The van der Waals surface area contributed by atoms with Crippen molar-refractivity contribution in [3.63, 3.8) is 0 Å². The highest BCUT2D eigenvalue weighted by Gasteiger charge is 2.27. The quantitative estimate of drug-likeness (QED) is 0.0366. The molecule has 0 amide bonds. The van der Waals surface area contributed by atoms with Gasteiger partial charge in [-0.15, -0.1) is 0 Å². The molecule has 3 heterocycles. The van der Waals surface area contributed by atoms with Crippen LogP contribution in [0.2, 0.25) is 0 Å². The average Bonchev–Trinajstić information content (AvgIpc) is 3.93. The fourth-order valence-electron chi connectivity index (χ4n) is 11.4. The molecule has 0 saturated carbocycles. The molecule has 0 N–H and O–H groups in total. The summed E-state index contributed by atoms with van der Waals surface area (Å²) in [6.45, 7) is 10.2. The van der Waals surface area contributed by atoms with Crippen LogP contribution in [0.25, 0.3) is 65.4 Å². The molecule has 3 aromatic heterocycles. The van der Waals surface area contributed by atoms with Crippen LogP contribution in [0.5, 0.6) is 0 Å². The zero-order valence-corrected chi connectivity index (χ0v) is 40.6. The van der Waals surface area contributed by atoms with E-state index in [-0.39, 0.29) is 0 Å².